The Kier molecular flexibility index (Phi) is 5.64. The Morgan fingerprint density at radius 3 is 2.36 bits per heavy atom. The number of rotatable bonds is 7. The van der Waals surface area contributed by atoms with Gasteiger partial charge in [0.2, 0.25) is 17.6 Å². The number of benzene rings is 2. The first-order chi connectivity index (χ1) is 13.6. The van der Waals surface area contributed by atoms with Gasteiger partial charge in [0.1, 0.15) is 0 Å². The second-order valence-electron chi connectivity index (χ2n) is 6.95. The van der Waals surface area contributed by atoms with Crippen LogP contribution in [0.3, 0.4) is 0 Å². The van der Waals surface area contributed by atoms with Crippen molar-refractivity contribution in [1.82, 2.24) is 15.5 Å². The number of hydrogen-bond acceptors (Lipinski definition) is 4. The van der Waals surface area contributed by atoms with E-state index < -0.39 is 0 Å². The van der Waals surface area contributed by atoms with Gasteiger partial charge in [-0.25, -0.2) is 0 Å². The van der Waals surface area contributed by atoms with Crippen LogP contribution in [0.4, 0.5) is 0 Å². The lowest BCUT2D eigenvalue weighted by Crippen LogP contribution is -2.30. The van der Waals surface area contributed by atoms with Crippen molar-refractivity contribution in [3.05, 3.63) is 70.0 Å². The quantitative estimate of drug-likeness (QED) is 0.572. The average Bonchev–Trinajstić information content (AvgIpc) is 3.43. The van der Waals surface area contributed by atoms with Crippen LogP contribution in [0, 0.1) is 5.92 Å². The Balaban J connectivity index is 1.35. The summed E-state index contributed by atoms with van der Waals surface area (Å²) in [4.78, 5) is 16.8. The molecule has 1 saturated carbocycles. The van der Waals surface area contributed by atoms with Crippen LogP contribution in [0.2, 0.25) is 10.0 Å². The van der Waals surface area contributed by atoms with Crippen LogP contribution in [0.1, 0.15) is 36.8 Å². The Morgan fingerprint density at radius 2 is 1.71 bits per heavy atom. The fourth-order valence-corrected chi connectivity index (χ4v) is 3.36. The lowest BCUT2D eigenvalue weighted by molar-refractivity contribution is -0.122. The third kappa shape index (κ3) is 4.72. The standard InChI is InChI=1S/C21H19Cl2N3O2/c22-16-7-3-14(4-8-16)20(13-1-2-13)24-18(27)11-12-19-25-21(26-28-19)15-5-9-17(23)10-6-15/h3-10,13,20H,1-2,11-12H2,(H,24,27). The highest BCUT2D eigenvalue weighted by Gasteiger charge is 2.33. The highest BCUT2D eigenvalue weighted by Crippen LogP contribution is 2.41. The zero-order valence-electron chi connectivity index (χ0n) is 15.1. The lowest BCUT2D eigenvalue weighted by Gasteiger charge is -2.18. The van der Waals surface area contributed by atoms with Gasteiger partial charge in [0.15, 0.2) is 0 Å². The van der Waals surface area contributed by atoms with Crippen molar-refractivity contribution >= 4 is 29.1 Å². The summed E-state index contributed by atoms with van der Waals surface area (Å²) >= 11 is 11.9. The molecule has 0 saturated heterocycles. The molecule has 0 radical (unpaired) electrons. The summed E-state index contributed by atoms with van der Waals surface area (Å²) in [5, 5.41) is 8.46. The Morgan fingerprint density at radius 1 is 1.07 bits per heavy atom. The summed E-state index contributed by atoms with van der Waals surface area (Å²) in [7, 11) is 0. The number of aryl methyl sites for hydroxylation is 1. The van der Waals surface area contributed by atoms with Gasteiger partial charge >= 0.3 is 0 Å². The summed E-state index contributed by atoms with van der Waals surface area (Å²) < 4.78 is 5.27. The summed E-state index contributed by atoms with van der Waals surface area (Å²) in [6, 6.07) is 14.9. The summed E-state index contributed by atoms with van der Waals surface area (Å²) in [5.41, 5.74) is 1.91. The third-order valence-corrected chi connectivity index (χ3v) is 5.28. The number of halogens is 2. The molecule has 2 aromatic carbocycles. The second kappa shape index (κ2) is 8.33. The molecule has 1 aliphatic carbocycles. The molecule has 144 valence electrons. The van der Waals surface area contributed by atoms with E-state index >= 15 is 0 Å². The molecule has 1 unspecified atom stereocenters. The SMILES string of the molecule is O=C(CCc1nc(-c2ccc(Cl)cc2)no1)NC(c1ccc(Cl)cc1)C1CC1. The number of hydrogen-bond donors (Lipinski definition) is 1. The monoisotopic (exact) mass is 415 g/mol. The maximum absolute atomic E-state index is 12.5. The van der Waals surface area contributed by atoms with Gasteiger partial charge < -0.3 is 9.84 Å². The van der Waals surface area contributed by atoms with Gasteiger partial charge in [0.25, 0.3) is 0 Å². The smallest absolute Gasteiger partial charge is 0.227 e. The Hall–Kier alpha value is -2.37. The van der Waals surface area contributed by atoms with E-state index in [0.29, 0.717) is 40.5 Å². The van der Waals surface area contributed by atoms with Gasteiger partial charge in [-0.3, -0.25) is 4.79 Å². The van der Waals surface area contributed by atoms with E-state index in [2.05, 4.69) is 15.5 Å². The Labute approximate surface area is 173 Å². The molecule has 1 heterocycles. The maximum atomic E-state index is 12.5. The predicted octanol–water partition coefficient (Wildman–Crippen LogP) is 5.24. The molecule has 0 aliphatic heterocycles. The van der Waals surface area contributed by atoms with Crippen molar-refractivity contribution in [2.24, 2.45) is 5.92 Å². The molecule has 7 heteroatoms. The van der Waals surface area contributed by atoms with E-state index in [-0.39, 0.29) is 11.9 Å². The van der Waals surface area contributed by atoms with Crippen molar-refractivity contribution < 1.29 is 9.32 Å². The molecular formula is C21H19Cl2N3O2. The number of aromatic nitrogens is 2. The zero-order chi connectivity index (χ0) is 19.5. The minimum absolute atomic E-state index is 0.0251. The van der Waals surface area contributed by atoms with Crippen LogP contribution in [0.15, 0.2) is 53.1 Å². The van der Waals surface area contributed by atoms with Crippen LogP contribution in [-0.4, -0.2) is 16.0 Å². The molecular weight excluding hydrogens is 397 g/mol. The third-order valence-electron chi connectivity index (χ3n) is 4.78. The number of nitrogens with one attached hydrogen (secondary N) is 1. The molecule has 1 amide bonds. The minimum atomic E-state index is -0.0295. The fraction of sp³-hybridized carbons (Fsp3) is 0.286. The van der Waals surface area contributed by atoms with Gasteiger partial charge in [-0.05, 0) is 60.7 Å². The van der Waals surface area contributed by atoms with Crippen molar-refractivity contribution in [3.8, 4) is 11.4 Å². The Bertz CT molecular complexity index is 951. The zero-order valence-corrected chi connectivity index (χ0v) is 16.6. The van der Waals surface area contributed by atoms with E-state index in [1.54, 1.807) is 12.1 Å². The predicted molar refractivity (Wildman–Crippen MR) is 108 cm³/mol. The molecule has 28 heavy (non-hydrogen) atoms. The molecule has 1 aromatic heterocycles. The van der Waals surface area contributed by atoms with Crippen molar-refractivity contribution in [1.29, 1.82) is 0 Å². The number of nitrogens with zero attached hydrogens (tertiary/aromatic N) is 2. The van der Waals surface area contributed by atoms with E-state index in [1.165, 1.54) is 0 Å². The number of amides is 1. The van der Waals surface area contributed by atoms with Crippen LogP contribution in [0.5, 0.6) is 0 Å². The van der Waals surface area contributed by atoms with Crippen molar-refractivity contribution in [3.63, 3.8) is 0 Å². The minimum Gasteiger partial charge on any atom is -0.349 e. The molecule has 4 rings (SSSR count). The normalized spacial score (nSPS) is 14.6. The summed E-state index contributed by atoms with van der Waals surface area (Å²) in [6.45, 7) is 0. The molecule has 5 nitrogen and oxygen atoms in total. The largest absolute Gasteiger partial charge is 0.349 e. The van der Waals surface area contributed by atoms with Crippen molar-refractivity contribution in [2.75, 3.05) is 0 Å². The second-order valence-corrected chi connectivity index (χ2v) is 7.83. The van der Waals surface area contributed by atoms with Gasteiger partial charge in [0, 0.05) is 28.5 Å². The first-order valence-electron chi connectivity index (χ1n) is 9.22. The summed E-state index contributed by atoms with van der Waals surface area (Å²) in [5.74, 6) is 1.39. The molecule has 0 spiro atoms. The molecule has 1 atom stereocenters. The number of carbonyl (C=O) groups excluding carboxylic acids is 1. The highest BCUT2D eigenvalue weighted by molar-refractivity contribution is 6.30. The van der Waals surface area contributed by atoms with Crippen LogP contribution in [0.25, 0.3) is 11.4 Å². The first-order valence-corrected chi connectivity index (χ1v) is 9.97. The lowest BCUT2D eigenvalue weighted by atomic mass is 10.0. The summed E-state index contributed by atoms with van der Waals surface area (Å²) in [6.07, 6.45) is 2.94. The van der Waals surface area contributed by atoms with E-state index in [4.69, 9.17) is 27.7 Å². The first kappa shape index (κ1) is 19.0. The van der Waals surface area contributed by atoms with Crippen LogP contribution in [-0.2, 0) is 11.2 Å². The molecule has 0 bridgehead atoms. The van der Waals surface area contributed by atoms with Gasteiger partial charge in [0.05, 0.1) is 6.04 Å². The molecule has 3 aromatic rings. The van der Waals surface area contributed by atoms with E-state index in [0.717, 1.165) is 24.0 Å². The maximum Gasteiger partial charge on any atom is 0.227 e. The highest BCUT2D eigenvalue weighted by atomic mass is 35.5. The van der Waals surface area contributed by atoms with E-state index in [1.807, 2.05) is 36.4 Å². The fourth-order valence-electron chi connectivity index (χ4n) is 3.11. The van der Waals surface area contributed by atoms with Gasteiger partial charge in [-0.2, -0.15) is 4.98 Å². The average molecular weight is 416 g/mol. The van der Waals surface area contributed by atoms with Gasteiger partial charge in [-0.15, -0.1) is 0 Å². The van der Waals surface area contributed by atoms with Crippen LogP contribution >= 0.6 is 23.2 Å². The van der Waals surface area contributed by atoms with E-state index in [9.17, 15) is 4.79 Å². The topological polar surface area (TPSA) is 68.0 Å². The van der Waals surface area contributed by atoms with Crippen LogP contribution < -0.4 is 5.32 Å². The van der Waals surface area contributed by atoms with Crippen molar-refractivity contribution in [2.45, 2.75) is 31.7 Å². The molecule has 1 fully saturated rings. The molecule has 1 N–H and O–H groups in total. The molecule has 1 aliphatic rings. The number of carbonyl (C=O) groups is 1. The van der Waals surface area contributed by atoms with Gasteiger partial charge in [-0.1, -0.05) is 40.5 Å².